The predicted molar refractivity (Wildman–Crippen MR) is 124 cm³/mol. The first-order valence-electron chi connectivity index (χ1n) is 10.3. The highest BCUT2D eigenvalue weighted by Gasteiger charge is 2.22. The van der Waals surface area contributed by atoms with E-state index < -0.39 is 0 Å². The van der Waals surface area contributed by atoms with Gasteiger partial charge in [0.15, 0.2) is 5.16 Å². The van der Waals surface area contributed by atoms with Gasteiger partial charge in [0.25, 0.3) is 0 Å². The Labute approximate surface area is 182 Å². The average molecular weight is 421 g/mol. The summed E-state index contributed by atoms with van der Waals surface area (Å²) >= 11 is 1.51. The van der Waals surface area contributed by atoms with Crippen molar-refractivity contribution in [1.29, 1.82) is 0 Å². The zero-order valence-corrected chi connectivity index (χ0v) is 18.7. The number of piperazine rings is 1. The summed E-state index contributed by atoms with van der Waals surface area (Å²) in [5.74, 6) is 0.588. The Morgan fingerprint density at radius 1 is 0.967 bits per heavy atom. The molecule has 1 fully saturated rings. The Balaban J connectivity index is 1.34. The molecule has 0 spiro atoms. The van der Waals surface area contributed by atoms with Gasteiger partial charge in [-0.2, -0.15) is 0 Å². The molecule has 5 nitrogen and oxygen atoms in total. The number of rotatable bonds is 5. The highest BCUT2D eigenvalue weighted by molar-refractivity contribution is 7.99. The maximum Gasteiger partial charge on any atom is 0.233 e. The lowest BCUT2D eigenvalue weighted by molar-refractivity contribution is -0.128. The molecular formula is C24H28N4OS. The van der Waals surface area contributed by atoms with Crippen molar-refractivity contribution in [2.24, 2.45) is 0 Å². The summed E-state index contributed by atoms with van der Waals surface area (Å²) in [6, 6.07) is 14.9. The van der Waals surface area contributed by atoms with Crippen LogP contribution in [0.4, 0.5) is 5.69 Å². The van der Waals surface area contributed by atoms with Gasteiger partial charge in [-0.3, -0.25) is 9.36 Å². The normalized spacial score (nSPS) is 14.2. The van der Waals surface area contributed by atoms with Crippen molar-refractivity contribution in [2.75, 3.05) is 36.8 Å². The van der Waals surface area contributed by atoms with Crippen LogP contribution in [0.1, 0.15) is 16.7 Å². The van der Waals surface area contributed by atoms with Gasteiger partial charge in [0.05, 0.1) is 5.75 Å². The van der Waals surface area contributed by atoms with Crippen molar-refractivity contribution < 1.29 is 4.79 Å². The molecule has 3 aromatic rings. The van der Waals surface area contributed by atoms with Crippen LogP contribution in [0.25, 0.3) is 5.69 Å². The third kappa shape index (κ3) is 4.54. The van der Waals surface area contributed by atoms with Crippen LogP contribution >= 0.6 is 11.8 Å². The summed E-state index contributed by atoms with van der Waals surface area (Å²) in [7, 11) is 0. The van der Waals surface area contributed by atoms with Gasteiger partial charge in [0, 0.05) is 49.9 Å². The second kappa shape index (κ2) is 8.96. The number of aromatic nitrogens is 2. The van der Waals surface area contributed by atoms with Gasteiger partial charge in [-0.05, 0) is 61.7 Å². The van der Waals surface area contributed by atoms with E-state index in [1.165, 1.54) is 34.1 Å². The fourth-order valence-corrected chi connectivity index (χ4v) is 4.60. The lowest BCUT2D eigenvalue weighted by Gasteiger charge is -2.36. The van der Waals surface area contributed by atoms with E-state index in [0.29, 0.717) is 5.75 Å². The number of hydrogen-bond donors (Lipinski definition) is 0. The fourth-order valence-electron chi connectivity index (χ4n) is 3.72. The molecule has 1 aromatic heterocycles. The number of carbonyl (C=O) groups excluding carboxylic acids is 1. The van der Waals surface area contributed by atoms with Gasteiger partial charge in [-0.15, -0.1) is 0 Å². The number of amides is 1. The van der Waals surface area contributed by atoms with E-state index in [2.05, 4.69) is 77.7 Å². The molecule has 4 rings (SSSR count). The zero-order chi connectivity index (χ0) is 21.1. The van der Waals surface area contributed by atoms with Gasteiger partial charge in [0.1, 0.15) is 0 Å². The molecule has 0 saturated carbocycles. The lowest BCUT2D eigenvalue weighted by Crippen LogP contribution is -2.49. The topological polar surface area (TPSA) is 41.4 Å². The van der Waals surface area contributed by atoms with Crippen molar-refractivity contribution in [2.45, 2.75) is 25.9 Å². The summed E-state index contributed by atoms with van der Waals surface area (Å²) < 4.78 is 2.06. The number of aryl methyl sites for hydroxylation is 3. The summed E-state index contributed by atoms with van der Waals surface area (Å²) in [6.07, 6.45) is 3.75. The number of carbonyl (C=O) groups is 1. The van der Waals surface area contributed by atoms with Gasteiger partial charge >= 0.3 is 0 Å². The maximum absolute atomic E-state index is 12.8. The highest BCUT2D eigenvalue weighted by atomic mass is 32.2. The van der Waals surface area contributed by atoms with Crippen molar-refractivity contribution in [1.82, 2.24) is 14.5 Å². The smallest absolute Gasteiger partial charge is 0.233 e. The van der Waals surface area contributed by atoms with E-state index in [1.807, 2.05) is 11.1 Å². The number of benzene rings is 2. The standard InChI is InChI=1S/C24H28N4OS/c1-18-5-4-6-21(15-18)26-11-13-27(14-12-26)23(29)17-30-24-25-9-10-28(24)22-8-7-19(2)20(3)16-22/h4-10,15-16H,11-14,17H2,1-3H3. The van der Waals surface area contributed by atoms with Crippen LogP contribution in [-0.2, 0) is 4.79 Å². The van der Waals surface area contributed by atoms with E-state index in [1.54, 1.807) is 6.20 Å². The van der Waals surface area contributed by atoms with Crippen LogP contribution in [0.15, 0.2) is 60.0 Å². The van der Waals surface area contributed by atoms with Crippen LogP contribution in [-0.4, -0.2) is 52.3 Å². The van der Waals surface area contributed by atoms with Gasteiger partial charge in [0.2, 0.25) is 5.91 Å². The van der Waals surface area contributed by atoms with E-state index in [9.17, 15) is 4.79 Å². The molecular weight excluding hydrogens is 392 g/mol. The Hall–Kier alpha value is -2.73. The predicted octanol–water partition coefficient (Wildman–Crippen LogP) is 4.24. The third-order valence-corrected chi connectivity index (χ3v) is 6.65. The molecule has 0 atom stereocenters. The molecule has 0 N–H and O–H groups in total. The molecule has 2 aromatic carbocycles. The monoisotopic (exact) mass is 420 g/mol. The van der Waals surface area contributed by atoms with Crippen molar-refractivity contribution in [3.63, 3.8) is 0 Å². The van der Waals surface area contributed by atoms with Crippen LogP contribution in [0.3, 0.4) is 0 Å². The molecule has 156 valence electrons. The van der Waals surface area contributed by atoms with Crippen LogP contribution in [0, 0.1) is 20.8 Å². The van der Waals surface area contributed by atoms with E-state index in [4.69, 9.17) is 0 Å². The zero-order valence-electron chi connectivity index (χ0n) is 17.8. The van der Waals surface area contributed by atoms with Gasteiger partial charge in [-0.1, -0.05) is 30.0 Å². The van der Waals surface area contributed by atoms with Crippen molar-refractivity contribution in [3.8, 4) is 5.69 Å². The first-order chi connectivity index (χ1) is 14.5. The van der Waals surface area contributed by atoms with Crippen molar-refractivity contribution >= 4 is 23.4 Å². The minimum Gasteiger partial charge on any atom is -0.368 e. The largest absolute Gasteiger partial charge is 0.368 e. The first-order valence-corrected chi connectivity index (χ1v) is 11.3. The summed E-state index contributed by atoms with van der Waals surface area (Å²) in [5.41, 5.74) is 6.11. The molecule has 2 heterocycles. The molecule has 6 heteroatoms. The van der Waals surface area contributed by atoms with Crippen LogP contribution in [0.2, 0.25) is 0 Å². The number of anilines is 1. The summed E-state index contributed by atoms with van der Waals surface area (Å²) in [4.78, 5) is 21.6. The highest BCUT2D eigenvalue weighted by Crippen LogP contribution is 2.23. The number of nitrogens with zero attached hydrogens (tertiary/aromatic N) is 4. The molecule has 0 aliphatic carbocycles. The van der Waals surface area contributed by atoms with E-state index >= 15 is 0 Å². The Morgan fingerprint density at radius 2 is 1.77 bits per heavy atom. The maximum atomic E-state index is 12.8. The minimum absolute atomic E-state index is 0.179. The summed E-state index contributed by atoms with van der Waals surface area (Å²) in [6.45, 7) is 9.61. The molecule has 0 unspecified atom stereocenters. The molecule has 0 bridgehead atoms. The molecule has 0 radical (unpaired) electrons. The number of thioether (sulfide) groups is 1. The Bertz CT molecular complexity index is 1040. The van der Waals surface area contributed by atoms with Crippen LogP contribution in [0.5, 0.6) is 0 Å². The van der Waals surface area contributed by atoms with E-state index in [0.717, 1.165) is 37.0 Å². The summed E-state index contributed by atoms with van der Waals surface area (Å²) in [5, 5.41) is 0.852. The second-order valence-corrected chi connectivity index (χ2v) is 8.79. The first kappa shape index (κ1) is 20.5. The molecule has 30 heavy (non-hydrogen) atoms. The molecule has 1 amide bonds. The fraction of sp³-hybridized carbons (Fsp3) is 0.333. The molecule has 1 aliphatic heterocycles. The van der Waals surface area contributed by atoms with Gasteiger partial charge < -0.3 is 9.80 Å². The van der Waals surface area contributed by atoms with Crippen molar-refractivity contribution in [3.05, 3.63) is 71.5 Å². The minimum atomic E-state index is 0.179. The van der Waals surface area contributed by atoms with Crippen LogP contribution < -0.4 is 4.90 Å². The van der Waals surface area contributed by atoms with Gasteiger partial charge in [-0.25, -0.2) is 4.98 Å². The molecule has 1 saturated heterocycles. The molecule has 1 aliphatic rings. The van der Waals surface area contributed by atoms with E-state index in [-0.39, 0.29) is 5.91 Å². The average Bonchev–Trinajstić information content (AvgIpc) is 3.23. The Morgan fingerprint density at radius 3 is 2.50 bits per heavy atom. The SMILES string of the molecule is Cc1cccc(N2CCN(C(=O)CSc3nccn3-c3ccc(C)c(C)c3)CC2)c1. The lowest BCUT2D eigenvalue weighted by atomic mass is 10.1. The number of hydrogen-bond acceptors (Lipinski definition) is 4. The second-order valence-electron chi connectivity index (χ2n) is 7.84. The number of imidazole rings is 1. The third-order valence-electron chi connectivity index (χ3n) is 5.70. The Kier molecular flexibility index (Phi) is 6.13. The quantitative estimate of drug-likeness (QED) is 0.579.